The van der Waals surface area contributed by atoms with E-state index in [-0.39, 0.29) is 5.60 Å². The second kappa shape index (κ2) is 6.86. The maximum atomic E-state index is 7.12. The summed E-state index contributed by atoms with van der Waals surface area (Å²) in [5.41, 5.74) is 3.43. The van der Waals surface area contributed by atoms with Crippen LogP contribution in [0.1, 0.15) is 120 Å². The van der Waals surface area contributed by atoms with Gasteiger partial charge in [-0.3, -0.25) is 0 Å². The van der Waals surface area contributed by atoms with Gasteiger partial charge in [-0.1, -0.05) is 53.2 Å². The molecule has 0 aromatic carbocycles. The Bertz CT molecular complexity index is 760. The molecule has 31 heavy (non-hydrogen) atoms. The fraction of sp³-hybridized carbons (Fsp3) is 0.933. The average Bonchev–Trinajstić information content (AvgIpc) is 3.30. The highest BCUT2D eigenvalue weighted by atomic mass is 16.5. The molecule has 3 saturated carbocycles. The third-order valence-electron chi connectivity index (χ3n) is 12.8. The molecule has 9 unspecified atom stereocenters. The maximum absolute atomic E-state index is 7.12. The van der Waals surface area contributed by atoms with Gasteiger partial charge in [0.15, 0.2) is 0 Å². The third kappa shape index (κ3) is 2.65. The van der Waals surface area contributed by atoms with Crippen molar-refractivity contribution in [3.63, 3.8) is 0 Å². The van der Waals surface area contributed by atoms with Gasteiger partial charge in [-0.2, -0.15) is 0 Å². The summed E-state index contributed by atoms with van der Waals surface area (Å²) in [4.78, 5) is 0. The molecule has 5 fully saturated rings. The van der Waals surface area contributed by atoms with Crippen LogP contribution in [0.3, 0.4) is 0 Å². The summed E-state index contributed by atoms with van der Waals surface area (Å²) >= 11 is 0. The molecule has 1 nitrogen and oxygen atoms in total. The second-order valence-corrected chi connectivity index (χ2v) is 14.3. The van der Waals surface area contributed by atoms with Crippen molar-refractivity contribution in [1.29, 1.82) is 0 Å². The van der Waals surface area contributed by atoms with Crippen molar-refractivity contribution in [1.82, 2.24) is 0 Å². The van der Waals surface area contributed by atoms with Crippen LogP contribution in [0, 0.1) is 45.3 Å². The lowest BCUT2D eigenvalue weighted by atomic mass is 9.36. The molecule has 3 aliphatic carbocycles. The number of allylic oxidation sites excluding steroid dienone is 2. The van der Waals surface area contributed by atoms with Gasteiger partial charge in [-0.15, -0.1) is 0 Å². The topological polar surface area (TPSA) is 9.23 Å². The Labute approximate surface area is 193 Å². The van der Waals surface area contributed by atoms with E-state index in [0.29, 0.717) is 27.8 Å². The van der Waals surface area contributed by atoms with Crippen LogP contribution in [0.5, 0.6) is 0 Å². The summed E-state index contributed by atoms with van der Waals surface area (Å²) in [6.45, 7) is 20.3. The predicted octanol–water partition coefficient (Wildman–Crippen LogP) is 8.58. The standard InChI is InChI=1S/C30H50O/c1-20(2)10-9-11-21(3)22-14-16-28(7)24-13-12-23-26(4,5)25-15-17-30(23,31-25)29(24,8)19-18-27(22,28)6/h10,21-25H,9,11-19H2,1-8H3. The van der Waals surface area contributed by atoms with Crippen LogP contribution in [0.2, 0.25) is 0 Å². The van der Waals surface area contributed by atoms with Gasteiger partial charge in [0, 0.05) is 5.41 Å². The van der Waals surface area contributed by atoms with Crippen LogP contribution in [0.25, 0.3) is 0 Å². The normalized spacial score (nSPS) is 52.9. The first-order chi connectivity index (χ1) is 14.4. The zero-order valence-electron chi connectivity index (χ0n) is 21.9. The van der Waals surface area contributed by atoms with Gasteiger partial charge in [0.1, 0.15) is 0 Å². The van der Waals surface area contributed by atoms with Crippen LogP contribution in [-0.4, -0.2) is 11.7 Å². The summed E-state index contributed by atoms with van der Waals surface area (Å²) in [5, 5.41) is 0. The van der Waals surface area contributed by atoms with E-state index in [1.54, 1.807) is 0 Å². The molecule has 5 rings (SSSR count). The number of rotatable bonds is 4. The van der Waals surface area contributed by atoms with Crippen molar-refractivity contribution in [2.75, 3.05) is 0 Å². The van der Waals surface area contributed by atoms with Crippen LogP contribution in [0.4, 0.5) is 0 Å². The molecule has 2 bridgehead atoms. The SMILES string of the molecule is CC(C)=CCCC(C)C1CCC2(C)C3CCC4C(C)(C)C5CCC4(O5)C3(C)CCC12C. The van der Waals surface area contributed by atoms with E-state index in [9.17, 15) is 0 Å². The Morgan fingerprint density at radius 3 is 2.23 bits per heavy atom. The van der Waals surface area contributed by atoms with Crippen LogP contribution in [0.15, 0.2) is 11.6 Å². The largest absolute Gasteiger partial charge is 0.370 e. The monoisotopic (exact) mass is 426 g/mol. The van der Waals surface area contributed by atoms with Crippen molar-refractivity contribution in [2.24, 2.45) is 45.3 Å². The maximum Gasteiger partial charge on any atom is 0.0777 e. The van der Waals surface area contributed by atoms with Crippen LogP contribution < -0.4 is 0 Å². The van der Waals surface area contributed by atoms with Crippen molar-refractivity contribution < 1.29 is 4.74 Å². The molecule has 2 heterocycles. The molecule has 2 saturated heterocycles. The number of fused-ring (bicyclic) bond motifs is 4. The lowest BCUT2D eigenvalue weighted by Gasteiger charge is -2.68. The fourth-order valence-corrected chi connectivity index (χ4v) is 10.9. The van der Waals surface area contributed by atoms with E-state index in [0.717, 1.165) is 23.7 Å². The molecule has 0 amide bonds. The zero-order chi connectivity index (χ0) is 22.4. The third-order valence-corrected chi connectivity index (χ3v) is 12.8. The van der Waals surface area contributed by atoms with Crippen molar-refractivity contribution in [3.05, 3.63) is 11.6 Å². The van der Waals surface area contributed by atoms with Gasteiger partial charge >= 0.3 is 0 Å². The van der Waals surface area contributed by atoms with Gasteiger partial charge in [-0.05, 0) is 118 Å². The molecular formula is C30H50O. The van der Waals surface area contributed by atoms with Gasteiger partial charge in [0.2, 0.25) is 0 Å². The summed E-state index contributed by atoms with van der Waals surface area (Å²) in [5.74, 6) is 3.38. The number of ether oxygens (including phenoxy) is 1. The van der Waals surface area contributed by atoms with Crippen molar-refractivity contribution in [2.45, 2.75) is 131 Å². The molecule has 0 aromatic rings. The zero-order valence-corrected chi connectivity index (χ0v) is 21.9. The van der Waals surface area contributed by atoms with Crippen LogP contribution >= 0.6 is 0 Å². The Morgan fingerprint density at radius 1 is 0.839 bits per heavy atom. The lowest BCUT2D eigenvalue weighted by molar-refractivity contribution is -0.230. The van der Waals surface area contributed by atoms with E-state index >= 15 is 0 Å². The highest BCUT2D eigenvalue weighted by Crippen LogP contribution is 2.79. The molecule has 176 valence electrons. The Morgan fingerprint density at radius 2 is 1.52 bits per heavy atom. The summed E-state index contributed by atoms with van der Waals surface area (Å²) in [6.07, 6.45) is 16.9. The van der Waals surface area contributed by atoms with Crippen molar-refractivity contribution in [3.8, 4) is 0 Å². The molecule has 0 aromatic heterocycles. The minimum atomic E-state index is 0.182. The van der Waals surface area contributed by atoms with Gasteiger partial charge in [0.05, 0.1) is 11.7 Å². The molecule has 5 aliphatic rings. The first kappa shape index (κ1) is 22.5. The Kier molecular flexibility index (Phi) is 4.98. The Hall–Kier alpha value is -0.300. The molecule has 0 N–H and O–H groups in total. The molecular weight excluding hydrogens is 376 g/mol. The molecule has 0 radical (unpaired) electrons. The summed E-state index contributed by atoms with van der Waals surface area (Å²) in [7, 11) is 0. The highest BCUT2D eigenvalue weighted by Gasteiger charge is 2.76. The second-order valence-electron chi connectivity index (χ2n) is 14.3. The lowest BCUT2D eigenvalue weighted by Crippen LogP contribution is -2.66. The predicted molar refractivity (Wildman–Crippen MR) is 131 cm³/mol. The molecule has 9 atom stereocenters. The van der Waals surface area contributed by atoms with E-state index < -0.39 is 0 Å². The van der Waals surface area contributed by atoms with E-state index in [1.807, 2.05) is 0 Å². The van der Waals surface area contributed by atoms with E-state index in [1.165, 1.54) is 69.8 Å². The van der Waals surface area contributed by atoms with Gasteiger partial charge in [0.25, 0.3) is 0 Å². The minimum Gasteiger partial charge on any atom is -0.370 e. The average molecular weight is 427 g/mol. The first-order valence-electron chi connectivity index (χ1n) is 13.7. The van der Waals surface area contributed by atoms with E-state index in [4.69, 9.17) is 4.74 Å². The van der Waals surface area contributed by atoms with Gasteiger partial charge < -0.3 is 4.74 Å². The quantitative estimate of drug-likeness (QED) is 0.409. The molecule has 2 aliphatic heterocycles. The van der Waals surface area contributed by atoms with Gasteiger partial charge in [-0.25, -0.2) is 0 Å². The number of hydrogen-bond donors (Lipinski definition) is 0. The summed E-state index contributed by atoms with van der Waals surface area (Å²) in [6, 6.07) is 0. The molecule has 1 heteroatoms. The molecule has 1 spiro atoms. The fourth-order valence-electron chi connectivity index (χ4n) is 10.9. The Balaban J connectivity index is 1.44. The van der Waals surface area contributed by atoms with Crippen molar-refractivity contribution >= 4 is 0 Å². The number of hydrogen-bond acceptors (Lipinski definition) is 1. The van der Waals surface area contributed by atoms with Crippen LogP contribution in [-0.2, 0) is 4.74 Å². The first-order valence-corrected chi connectivity index (χ1v) is 13.7. The van der Waals surface area contributed by atoms with E-state index in [2.05, 4.69) is 61.5 Å². The highest BCUT2D eigenvalue weighted by molar-refractivity contribution is 5.25. The smallest absolute Gasteiger partial charge is 0.0777 e. The summed E-state index contributed by atoms with van der Waals surface area (Å²) < 4.78 is 7.12. The minimum absolute atomic E-state index is 0.182.